The lowest BCUT2D eigenvalue weighted by Crippen LogP contribution is -2.50. The van der Waals surface area contributed by atoms with E-state index in [0.29, 0.717) is 28.8 Å². The first kappa shape index (κ1) is 19.1. The van der Waals surface area contributed by atoms with E-state index in [1.165, 1.54) is 0 Å². The van der Waals surface area contributed by atoms with Gasteiger partial charge >= 0.3 is 0 Å². The summed E-state index contributed by atoms with van der Waals surface area (Å²) < 4.78 is 0. The first-order valence-electron chi connectivity index (χ1n) is 6.67. The molecule has 1 heterocycles. The molecular formula is C14H19Cl2N3O2S. The van der Waals surface area contributed by atoms with Crippen LogP contribution in [0.3, 0.4) is 0 Å². The monoisotopic (exact) mass is 363 g/mol. The van der Waals surface area contributed by atoms with Crippen molar-refractivity contribution >= 4 is 47.6 Å². The van der Waals surface area contributed by atoms with Crippen LogP contribution in [0.2, 0.25) is 5.02 Å². The summed E-state index contributed by atoms with van der Waals surface area (Å²) in [5.41, 5.74) is 6.04. The first-order chi connectivity index (χ1) is 10.0. The number of nitrogens with one attached hydrogen (secondary N) is 1. The largest absolute Gasteiger partial charge is 0.351 e. The van der Waals surface area contributed by atoms with Crippen molar-refractivity contribution in [1.29, 1.82) is 0 Å². The predicted molar refractivity (Wildman–Crippen MR) is 92.6 cm³/mol. The molecular weight excluding hydrogens is 345 g/mol. The molecule has 3 N–H and O–H groups in total. The lowest BCUT2D eigenvalue weighted by Gasteiger charge is -2.24. The molecule has 0 aliphatic carbocycles. The van der Waals surface area contributed by atoms with Crippen molar-refractivity contribution in [2.75, 3.05) is 18.2 Å². The molecule has 1 saturated heterocycles. The van der Waals surface area contributed by atoms with Crippen LogP contribution in [0.15, 0.2) is 24.3 Å². The van der Waals surface area contributed by atoms with Gasteiger partial charge in [-0.1, -0.05) is 11.6 Å². The number of amides is 2. The number of nitrogens with two attached hydrogens (primary N) is 1. The molecule has 2 atom stereocenters. The average molecular weight is 364 g/mol. The molecule has 2 rings (SSSR count). The minimum absolute atomic E-state index is 0. The van der Waals surface area contributed by atoms with E-state index in [1.807, 2.05) is 6.92 Å². The van der Waals surface area contributed by atoms with Gasteiger partial charge in [-0.3, -0.25) is 9.59 Å². The molecule has 1 fully saturated rings. The summed E-state index contributed by atoms with van der Waals surface area (Å²) in [5, 5.41) is 3.40. The van der Waals surface area contributed by atoms with E-state index in [2.05, 4.69) is 5.32 Å². The number of carbonyl (C=O) groups is 2. The Morgan fingerprint density at radius 1 is 1.45 bits per heavy atom. The quantitative estimate of drug-likeness (QED) is 0.854. The van der Waals surface area contributed by atoms with E-state index in [9.17, 15) is 9.59 Å². The summed E-state index contributed by atoms with van der Waals surface area (Å²) in [6, 6.07) is 6.13. The molecule has 1 unspecified atom stereocenters. The fourth-order valence-electron chi connectivity index (χ4n) is 2.02. The van der Waals surface area contributed by atoms with Crippen molar-refractivity contribution < 1.29 is 9.59 Å². The summed E-state index contributed by atoms with van der Waals surface area (Å²) in [5.74, 6) is 0.802. The average Bonchev–Trinajstić information content (AvgIpc) is 2.96. The van der Waals surface area contributed by atoms with Gasteiger partial charge in [0.05, 0.1) is 5.88 Å². The molecule has 22 heavy (non-hydrogen) atoms. The molecule has 0 saturated carbocycles. The number of rotatable bonds is 4. The van der Waals surface area contributed by atoms with Crippen LogP contribution in [0.25, 0.3) is 0 Å². The number of benzene rings is 1. The number of carbonyl (C=O) groups excluding carboxylic acids is 2. The van der Waals surface area contributed by atoms with E-state index in [-0.39, 0.29) is 30.3 Å². The van der Waals surface area contributed by atoms with Gasteiger partial charge in [0.1, 0.15) is 6.04 Å². The standard InChI is InChI=1S/C14H18ClN3O2S.ClH/c1-9(6-16)17-13(19)12-7-21-8-18(12)14(20)10-2-4-11(15)5-3-10;/h2-5,9,12H,6-8,16H2,1H3,(H,17,19);1H/t9-,12?;/m0./s1. The predicted octanol–water partition coefficient (Wildman–Crippen LogP) is 1.74. The van der Waals surface area contributed by atoms with E-state index < -0.39 is 6.04 Å². The molecule has 1 aliphatic heterocycles. The third kappa shape index (κ3) is 4.52. The van der Waals surface area contributed by atoms with E-state index >= 15 is 0 Å². The van der Waals surface area contributed by atoms with Gasteiger partial charge in [-0.05, 0) is 31.2 Å². The Morgan fingerprint density at radius 3 is 2.68 bits per heavy atom. The Balaban J connectivity index is 0.00000242. The maximum atomic E-state index is 12.5. The van der Waals surface area contributed by atoms with Crippen molar-refractivity contribution in [3.05, 3.63) is 34.9 Å². The molecule has 2 amide bonds. The molecule has 5 nitrogen and oxygen atoms in total. The molecule has 0 aromatic heterocycles. The zero-order valence-corrected chi connectivity index (χ0v) is 14.5. The molecule has 1 aromatic carbocycles. The lowest BCUT2D eigenvalue weighted by atomic mass is 10.1. The van der Waals surface area contributed by atoms with Crippen molar-refractivity contribution in [3.8, 4) is 0 Å². The summed E-state index contributed by atoms with van der Waals surface area (Å²) in [7, 11) is 0. The van der Waals surface area contributed by atoms with Crippen LogP contribution in [0.4, 0.5) is 0 Å². The highest BCUT2D eigenvalue weighted by Crippen LogP contribution is 2.24. The normalized spacial score (nSPS) is 18.5. The second kappa shape index (κ2) is 8.62. The highest BCUT2D eigenvalue weighted by atomic mass is 35.5. The van der Waals surface area contributed by atoms with Crippen molar-refractivity contribution in [3.63, 3.8) is 0 Å². The smallest absolute Gasteiger partial charge is 0.255 e. The highest BCUT2D eigenvalue weighted by molar-refractivity contribution is 7.99. The van der Waals surface area contributed by atoms with Crippen LogP contribution in [-0.4, -0.2) is 47.0 Å². The number of halogens is 2. The third-order valence-corrected chi connectivity index (χ3v) is 4.54. The van der Waals surface area contributed by atoms with E-state index in [0.717, 1.165) is 0 Å². The fourth-order valence-corrected chi connectivity index (χ4v) is 3.30. The minimum Gasteiger partial charge on any atom is -0.351 e. The number of hydrogen-bond acceptors (Lipinski definition) is 4. The SMILES string of the molecule is C[C@@H](CN)NC(=O)C1CSCN1C(=O)c1ccc(Cl)cc1.Cl. The highest BCUT2D eigenvalue weighted by Gasteiger charge is 2.35. The second-order valence-electron chi connectivity index (χ2n) is 4.94. The maximum absolute atomic E-state index is 12.5. The fraction of sp³-hybridized carbons (Fsp3) is 0.429. The molecule has 1 aromatic rings. The van der Waals surface area contributed by atoms with Gasteiger partial charge in [-0.25, -0.2) is 0 Å². The van der Waals surface area contributed by atoms with Gasteiger partial charge < -0.3 is 16.0 Å². The van der Waals surface area contributed by atoms with Crippen molar-refractivity contribution in [2.24, 2.45) is 5.73 Å². The molecule has 122 valence electrons. The third-order valence-electron chi connectivity index (χ3n) is 3.28. The van der Waals surface area contributed by atoms with Crippen LogP contribution >= 0.6 is 35.8 Å². The Labute approximate surface area is 145 Å². The summed E-state index contributed by atoms with van der Waals surface area (Å²) in [6.07, 6.45) is 0. The molecule has 0 radical (unpaired) electrons. The van der Waals surface area contributed by atoms with Crippen LogP contribution in [0, 0.1) is 0 Å². The summed E-state index contributed by atoms with van der Waals surface area (Å²) in [4.78, 5) is 26.3. The van der Waals surface area contributed by atoms with Gasteiger partial charge in [-0.15, -0.1) is 24.2 Å². The summed E-state index contributed by atoms with van der Waals surface area (Å²) in [6.45, 7) is 2.21. The molecule has 1 aliphatic rings. The first-order valence-corrected chi connectivity index (χ1v) is 8.21. The molecule has 8 heteroatoms. The van der Waals surface area contributed by atoms with Crippen LogP contribution in [-0.2, 0) is 4.79 Å². The Kier molecular flexibility index (Phi) is 7.48. The minimum atomic E-state index is -0.452. The number of thioether (sulfide) groups is 1. The summed E-state index contributed by atoms with van der Waals surface area (Å²) >= 11 is 7.39. The van der Waals surface area contributed by atoms with Gasteiger partial charge in [0.15, 0.2) is 0 Å². The van der Waals surface area contributed by atoms with Gasteiger partial charge in [0.25, 0.3) is 5.91 Å². The maximum Gasteiger partial charge on any atom is 0.255 e. The number of nitrogens with zero attached hydrogens (tertiary/aromatic N) is 1. The molecule has 0 spiro atoms. The molecule has 0 bridgehead atoms. The van der Waals surface area contributed by atoms with Gasteiger partial charge in [0, 0.05) is 28.9 Å². The van der Waals surface area contributed by atoms with Gasteiger partial charge in [-0.2, -0.15) is 0 Å². The Hall–Kier alpha value is -0.950. The van der Waals surface area contributed by atoms with E-state index in [4.69, 9.17) is 17.3 Å². The zero-order chi connectivity index (χ0) is 15.4. The van der Waals surface area contributed by atoms with Crippen LogP contribution in [0.1, 0.15) is 17.3 Å². The lowest BCUT2D eigenvalue weighted by molar-refractivity contribution is -0.125. The number of hydrogen-bond donors (Lipinski definition) is 2. The second-order valence-corrected chi connectivity index (χ2v) is 6.38. The van der Waals surface area contributed by atoms with E-state index in [1.54, 1.807) is 40.9 Å². The van der Waals surface area contributed by atoms with Crippen LogP contribution < -0.4 is 11.1 Å². The van der Waals surface area contributed by atoms with Crippen LogP contribution in [0.5, 0.6) is 0 Å². The zero-order valence-electron chi connectivity index (χ0n) is 12.1. The van der Waals surface area contributed by atoms with Crippen molar-refractivity contribution in [1.82, 2.24) is 10.2 Å². The van der Waals surface area contributed by atoms with Gasteiger partial charge in [0.2, 0.25) is 5.91 Å². The Bertz CT molecular complexity index is 527. The Morgan fingerprint density at radius 2 is 2.09 bits per heavy atom. The topological polar surface area (TPSA) is 75.4 Å². The van der Waals surface area contributed by atoms with Crippen molar-refractivity contribution in [2.45, 2.75) is 19.0 Å².